The summed E-state index contributed by atoms with van der Waals surface area (Å²) in [4.78, 5) is 35.6. The first-order valence-electron chi connectivity index (χ1n) is 11.3. The monoisotopic (exact) mass is 474 g/mol. The summed E-state index contributed by atoms with van der Waals surface area (Å²) in [7, 11) is 1.59. The van der Waals surface area contributed by atoms with E-state index in [0.717, 1.165) is 29.5 Å². The lowest BCUT2D eigenvalue weighted by atomic mass is 9.95. The van der Waals surface area contributed by atoms with Crippen LogP contribution in [0.4, 0.5) is 4.79 Å². The fourth-order valence-electron chi connectivity index (χ4n) is 4.08. The van der Waals surface area contributed by atoms with E-state index in [1.807, 2.05) is 30.3 Å². The Labute approximate surface area is 203 Å². The number of alkyl carbamates (subject to hydrolysis) is 1. The maximum absolute atomic E-state index is 12.3. The lowest BCUT2D eigenvalue weighted by molar-refractivity contribution is -0.130. The van der Waals surface area contributed by atoms with Crippen LogP contribution in [0.25, 0.3) is 0 Å². The number of methoxy groups -OCH3 is 1. The number of carbonyl (C=O) groups is 2. The van der Waals surface area contributed by atoms with Crippen LogP contribution in [0.3, 0.4) is 0 Å². The number of hydrogen-bond donors (Lipinski definition) is 1. The molecular formula is C27H26N2O6. The van der Waals surface area contributed by atoms with Crippen molar-refractivity contribution in [2.45, 2.75) is 38.3 Å². The maximum Gasteiger partial charge on any atom is 0.415 e. The number of amides is 2. The molecule has 1 aliphatic heterocycles. The first kappa shape index (κ1) is 23.9. The van der Waals surface area contributed by atoms with Gasteiger partial charge in [0, 0.05) is 5.56 Å². The van der Waals surface area contributed by atoms with Gasteiger partial charge in [0.25, 0.3) is 5.91 Å². The second-order valence-corrected chi connectivity index (χ2v) is 8.41. The first-order valence-corrected chi connectivity index (χ1v) is 11.3. The molecule has 1 unspecified atom stereocenters. The second-order valence-electron chi connectivity index (χ2n) is 8.41. The predicted molar refractivity (Wildman–Crippen MR) is 130 cm³/mol. The number of cyclic esters (lactones) is 1. The van der Waals surface area contributed by atoms with Gasteiger partial charge in [-0.3, -0.25) is 10.1 Å². The van der Waals surface area contributed by atoms with E-state index >= 15 is 0 Å². The van der Waals surface area contributed by atoms with E-state index in [2.05, 4.69) is 17.4 Å². The third kappa shape index (κ3) is 4.87. The highest BCUT2D eigenvalue weighted by Crippen LogP contribution is 2.36. The smallest absolute Gasteiger partial charge is 0.415 e. The minimum atomic E-state index is -1.42. The molecule has 8 nitrogen and oxygen atoms in total. The van der Waals surface area contributed by atoms with Gasteiger partial charge in [-0.15, -0.1) is 4.91 Å². The summed E-state index contributed by atoms with van der Waals surface area (Å²) >= 11 is 0. The number of carbonyl (C=O) groups excluding carboxylic acids is 2. The van der Waals surface area contributed by atoms with Crippen molar-refractivity contribution < 1.29 is 23.8 Å². The summed E-state index contributed by atoms with van der Waals surface area (Å²) in [5, 5.41) is 5.53. The van der Waals surface area contributed by atoms with Crippen LogP contribution in [0.5, 0.6) is 17.2 Å². The number of rotatable bonds is 9. The lowest BCUT2D eigenvalue weighted by Gasteiger charge is -2.20. The van der Waals surface area contributed by atoms with Gasteiger partial charge in [0.15, 0.2) is 0 Å². The minimum absolute atomic E-state index is 0.491. The van der Waals surface area contributed by atoms with Gasteiger partial charge in [-0.1, -0.05) is 48.9 Å². The van der Waals surface area contributed by atoms with E-state index in [-0.39, 0.29) is 0 Å². The summed E-state index contributed by atoms with van der Waals surface area (Å²) in [6, 6.07) is 19.0. The molecule has 35 heavy (non-hydrogen) atoms. The second kappa shape index (κ2) is 9.97. The van der Waals surface area contributed by atoms with Crippen LogP contribution in [0.15, 0.2) is 71.9 Å². The van der Waals surface area contributed by atoms with Gasteiger partial charge in [-0.25, -0.2) is 4.79 Å². The molecule has 2 atom stereocenters. The third-order valence-corrected chi connectivity index (χ3v) is 6.01. The van der Waals surface area contributed by atoms with Crippen LogP contribution in [-0.2, 0) is 21.6 Å². The molecule has 0 saturated carbocycles. The third-order valence-electron chi connectivity index (χ3n) is 6.01. The SMILES string of the molecule is CCCc1cc(C(N=O)c2ccc(OC)cc2)ccc1Oc1cccc([C@@]2(C)OC(=O)NC2=O)c1. The highest BCUT2D eigenvalue weighted by Gasteiger charge is 2.46. The average molecular weight is 475 g/mol. The molecule has 8 heteroatoms. The topological polar surface area (TPSA) is 103 Å². The molecular weight excluding hydrogens is 448 g/mol. The molecule has 3 aromatic carbocycles. The molecule has 1 saturated heterocycles. The molecule has 0 radical (unpaired) electrons. The van der Waals surface area contributed by atoms with E-state index in [1.54, 1.807) is 43.5 Å². The fraction of sp³-hybridized carbons (Fsp3) is 0.259. The Bertz CT molecular complexity index is 1260. The van der Waals surface area contributed by atoms with E-state index in [9.17, 15) is 14.5 Å². The number of nitrogens with zero attached hydrogens (tertiary/aromatic N) is 1. The molecule has 0 aliphatic carbocycles. The molecule has 1 N–H and O–H groups in total. The summed E-state index contributed by atoms with van der Waals surface area (Å²) in [6.45, 7) is 3.60. The van der Waals surface area contributed by atoms with Gasteiger partial charge in [-0.05, 0) is 66.4 Å². The molecule has 4 rings (SSSR count). The van der Waals surface area contributed by atoms with Gasteiger partial charge < -0.3 is 14.2 Å². The molecule has 0 spiro atoms. The van der Waals surface area contributed by atoms with Crippen molar-refractivity contribution in [1.82, 2.24) is 5.32 Å². The zero-order valence-electron chi connectivity index (χ0n) is 19.7. The van der Waals surface area contributed by atoms with Crippen molar-refractivity contribution in [3.8, 4) is 17.2 Å². The van der Waals surface area contributed by atoms with Gasteiger partial charge in [0.2, 0.25) is 5.60 Å². The Morgan fingerprint density at radius 3 is 2.37 bits per heavy atom. The molecule has 1 aliphatic rings. The quantitative estimate of drug-likeness (QED) is 0.395. The Hall–Kier alpha value is -4.20. The molecule has 3 aromatic rings. The minimum Gasteiger partial charge on any atom is -0.497 e. The van der Waals surface area contributed by atoms with Crippen LogP contribution in [0.2, 0.25) is 0 Å². The van der Waals surface area contributed by atoms with Gasteiger partial charge in [-0.2, -0.15) is 0 Å². The van der Waals surface area contributed by atoms with Crippen LogP contribution >= 0.6 is 0 Å². The standard InChI is InChI=1S/C27H26N2O6/c1-4-6-18-15-19(24(29-32)17-9-12-21(33-3)13-10-17)11-14-23(18)34-22-8-5-7-20(16-22)27(2)25(30)28-26(31)35-27/h5,7-16,24H,4,6H2,1-3H3,(H,28,30,31)/t24?,27-/m1/s1. The highest BCUT2D eigenvalue weighted by molar-refractivity contribution is 6.03. The largest absolute Gasteiger partial charge is 0.497 e. The van der Waals surface area contributed by atoms with E-state index in [1.165, 1.54) is 6.92 Å². The predicted octanol–water partition coefficient (Wildman–Crippen LogP) is 5.78. The van der Waals surface area contributed by atoms with Crippen LogP contribution in [-0.4, -0.2) is 19.1 Å². The number of nitrogens with one attached hydrogen (secondary N) is 1. The Kier molecular flexibility index (Phi) is 6.82. The molecule has 0 bridgehead atoms. The summed E-state index contributed by atoms with van der Waals surface area (Å²) < 4.78 is 16.6. The van der Waals surface area contributed by atoms with Crippen LogP contribution < -0.4 is 14.8 Å². The maximum atomic E-state index is 12.3. The van der Waals surface area contributed by atoms with Crippen LogP contribution in [0, 0.1) is 4.91 Å². The Balaban J connectivity index is 1.63. The molecule has 0 aromatic heterocycles. The van der Waals surface area contributed by atoms with Crippen LogP contribution in [0.1, 0.15) is 48.6 Å². The summed E-state index contributed by atoms with van der Waals surface area (Å²) in [5.41, 5.74) is 1.53. The number of imide groups is 1. The van der Waals surface area contributed by atoms with Crippen molar-refractivity contribution in [3.05, 3.63) is 93.9 Å². The fourth-order valence-corrected chi connectivity index (χ4v) is 4.08. The number of ether oxygens (including phenoxy) is 3. The molecule has 1 fully saturated rings. The van der Waals surface area contributed by atoms with Gasteiger partial charge >= 0.3 is 6.09 Å². The highest BCUT2D eigenvalue weighted by atomic mass is 16.6. The molecule has 180 valence electrons. The van der Waals surface area contributed by atoms with Crippen molar-refractivity contribution >= 4 is 12.0 Å². The van der Waals surface area contributed by atoms with Crippen molar-refractivity contribution in [2.75, 3.05) is 7.11 Å². The Morgan fingerprint density at radius 1 is 1.00 bits per heavy atom. The number of nitroso groups, excluding NO2 is 1. The van der Waals surface area contributed by atoms with Crippen molar-refractivity contribution in [2.24, 2.45) is 5.18 Å². The van der Waals surface area contributed by atoms with Crippen molar-refractivity contribution in [1.29, 1.82) is 0 Å². The van der Waals surface area contributed by atoms with Gasteiger partial charge in [0.1, 0.15) is 23.3 Å². The van der Waals surface area contributed by atoms with Crippen molar-refractivity contribution in [3.63, 3.8) is 0 Å². The lowest BCUT2D eigenvalue weighted by Crippen LogP contribution is -2.33. The number of hydrogen-bond acceptors (Lipinski definition) is 7. The molecule has 1 heterocycles. The zero-order chi connectivity index (χ0) is 25.0. The van der Waals surface area contributed by atoms with E-state index in [4.69, 9.17) is 14.2 Å². The average Bonchev–Trinajstić information content (AvgIpc) is 3.13. The molecule has 2 amide bonds. The van der Waals surface area contributed by atoms with Gasteiger partial charge in [0.05, 0.1) is 7.11 Å². The van der Waals surface area contributed by atoms with E-state index in [0.29, 0.717) is 22.8 Å². The summed E-state index contributed by atoms with van der Waals surface area (Å²) in [6.07, 6.45) is 0.824. The zero-order valence-corrected chi connectivity index (χ0v) is 19.7. The Morgan fingerprint density at radius 2 is 1.74 bits per heavy atom. The summed E-state index contributed by atoms with van der Waals surface area (Å²) in [5.74, 6) is 1.30. The normalized spacial score (nSPS) is 17.9. The first-order chi connectivity index (χ1) is 16.9. The number of aryl methyl sites for hydroxylation is 1. The number of benzene rings is 3. The van der Waals surface area contributed by atoms with E-state index < -0.39 is 23.6 Å².